The second-order valence-corrected chi connectivity index (χ2v) is 7.09. The Kier molecular flexibility index (Phi) is 3.91. The molecule has 3 aliphatic rings. The second-order valence-electron chi connectivity index (χ2n) is 7.09. The highest BCUT2D eigenvalue weighted by Gasteiger charge is 2.43. The van der Waals surface area contributed by atoms with Crippen molar-refractivity contribution in [1.82, 2.24) is 0 Å². The van der Waals surface area contributed by atoms with Gasteiger partial charge in [-0.15, -0.1) is 0 Å². The number of carbonyl (C=O) groups is 1. The van der Waals surface area contributed by atoms with Crippen LogP contribution in [0.1, 0.15) is 67.0 Å². The molecule has 0 spiro atoms. The van der Waals surface area contributed by atoms with Gasteiger partial charge in [0.2, 0.25) is 0 Å². The SMILES string of the molecule is O=Cc1cccc2c1C1OCCCC1C(C1CCCCC1)N2. The maximum absolute atomic E-state index is 11.5. The molecule has 1 N–H and O–H groups in total. The fraction of sp³-hybridized carbons (Fsp3) is 0.632. The van der Waals surface area contributed by atoms with Gasteiger partial charge in [-0.25, -0.2) is 0 Å². The van der Waals surface area contributed by atoms with Gasteiger partial charge in [0.1, 0.15) is 0 Å². The predicted molar refractivity (Wildman–Crippen MR) is 87.2 cm³/mol. The zero-order chi connectivity index (χ0) is 14.9. The van der Waals surface area contributed by atoms with Crippen molar-refractivity contribution in [2.45, 2.75) is 57.1 Å². The van der Waals surface area contributed by atoms with E-state index >= 15 is 0 Å². The molecule has 2 fully saturated rings. The lowest BCUT2D eigenvalue weighted by atomic mass is 9.71. The monoisotopic (exact) mass is 299 g/mol. The van der Waals surface area contributed by atoms with E-state index < -0.39 is 0 Å². The molecule has 1 aromatic carbocycles. The van der Waals surface area contributed by atoms with Crippen LogP contribution in [0.2, 0.25) is 0 Å². The van der Waals surface area contributed by atoms with E-state index in [2.05, 4.69) is 11.4 Å². The average molecular weight is 299 g/mol. The third-order valence-electron chi connectivity index (χ3n) is 5.86. The molecule has 1 saturated carbocycles. The molecule has 1 aliphatic carbocycles. The Balaban J connectivity index is 1.72. The van der Waals surface area contributed by atoms with Gasteiger partial charge in [0, 0.05) is 35.4 Å². The van der Waals surface area contributed by atoms with Gasteiger partial charge in [-0.2, -0.15) is 0 Å². The van der Waals surface area contributed by atoms with Gasteiger partial charge in [0.25, 0.3) is 0 Å². The van der Waals surface area contributed by atoms with Crippen LogP contribution in [0, 0.1) is 11.8 Å². The van der Waals surface area contributed by atoms with Crippen molar-refractivity contribution in [3.63, 3.8) is 0 Å². The summed E-state index contributed by atoms with van der Waals surface area (Å²) in [6.07, 6.45) is 10.2. The zero-order valence-corrected chi connectivity index (χ0v) is 13.1. The molecule has 3 atom stereocenters. The van der Waals surface area contributed by atoms with Crippen molar-refractivity contribution in [2.75, 3.05) is 11.9 Å². The highest BCUT2D eigenvalue weighted by atomic mass is 16.5. The lowest BCUT2D eigenvalue weighted by molar-refractivity contribution is -0.0460. The molecule has 22 heavy (non-hydrogen) atoms. The zero-order valence-electron chi connectivity index (χ0n) is 13.1. The molecule has 2 aliphatic heterocycles. The first-order chi connectivity index (χ1) is 10.9. The number of hydrogen-bond acceptors (Lipinski definition) is 3. The highest BCUT2D eigenvalue weighted by Crippen LogP contribution is 2.48. The van der Waals surface area contributed by atoms with Crippen molar-refractivity contribution in [2.24, 2.45) is 11.8 Å². The molecule has 3 unspecified atom stereocenters. The summed E-state index contributed by atoms with van der Waals surface area (Å²) in [5.74, 6) is 1.28. The minimum absolute atomic E-state index is 0.110. The fourth-order valence-corrected chi connectivity index (χ4v) is 4.85. The molecule has 1 aromatic rings. The van der Waals surface area contributed by atoms with Crippen LogP contribution in [0.5, 0.6) is 0 Å². The summed E-state index contributed by atoms with van der Waals surface area (Å²) in [5, 5.41) is 3.80. The van der Waals surface area contributed by atoms with E-state index in [1.54, 1.807) is 0 Å². The number of aldehydes is 1. The van der Waals surface area contributed by atoms with Gasteiger partial charge < -0.3 is 10.1 Å². The predicted octanol–water partition coefficient (Wildman–Crippen LogP) is 4.34. The first-order valence-electron chi connectivity index (χ1n) is 8.84. The Labute approximate surface area is 132 Å². The third-order valence-corrected chi connectivity index (χ3v) is 5.86. The standard InChI is InChI=1S/C19H25NO2/c21-12-14-8-4-10-16-17(14)19-15(9-5-11-22-19)18(20-16)13-6-2-1-3-7-13/h4,8,10,12-13,15,18-20H,1-3,5-7,9,11H2. The number of carbonyl (C=O) groups excluding carboxylic acids is 1. The minimum atomic E-state index is 0.110. The molecular weight excluding hydrogens is 274 g/mol. The minimum Gasteiger partial charge on any atom is -0.381 e. The number of hydrogen-bond donors (Lipinski definition) is 1. The van der Waals surface area contributed by atoms with Crippen LogP contribution < -0.4 is 5.32 Å². The van der Waals surface area contributed by atoms with E-state index in [0.29, 0.717) is 12.0 Å². The molecule has 0 bridgehead atoms. The van der Waals surface area contributed by atoms with Crippen molar-refractivity contribution in [1.29, 1.82) is 0 Å². The van der Waals surface area contributed by atoms with E-state index in [1.807, 2.05) is 12.1 Å². The Morgan fingerprint density at radius 3 is 2.77 bits per heavy atom. The van der Waals surface area contributed by atoms with Gasteiger partial charge in [-0.1, -0.05) is 31.4 Å². The largest absolute Gasteiger partial charge is 0.381 e. The van der Waals surface area contributed by atoms with Gasteiger partial charge in [-0.05, 0) is 37.7 Å². The molecule has 2 heterocycles. The highest BCUT2D eigenvalue weighted by molar-refractivity contribution is 5.82. The van der Waals surface area contributed by atoms with Crippen LogP contribution in [-0.4, -0.2) is 18.9 Å². The summed E-state index contributed by atoms with van der Waals surface area (Å²) in [4.78, 5) is 11.5. The van der Waals surface area contributed by atoms with Crippen molar-refractivity contribution in [3.05, 3.63) is 29.3 Å². The number of benzene rings is 1. The van der Waals surface area contributed by atoms with Crippen LogP contribution in [0.3, 0.4) is 0 Å². The van der Waals surface area contributed by atoms with Crippen LogP contribution in [0.25, 0.3) is 0 Å². The number of fused-ring (bicyclic) bond motifs is 3. The quantitative estimate of drug-likeness (QED) is 0.825. The lowest BCUT2D eigenvalue weighted by Crippen LogP contribution is -2.46. The molecule has 3 heteroatoms. The van der Waals surface area contributed by atoms with E-state index in [4.69, 9.17) is 4.74 Å². The maximum atomic E-state index is 11.5. The molecule has 0 aromatic heterocycles. The van der Waals surface area contributed by atoms with Crippen LogP contribution in [0.15, 0.2) is 18.2 Å². The fourth-order valence-electron chi connectivity index (χ4n) is 4.85. The summed E-state index contributed by atoms with van der Waals surface area (Å²) in [6, 6.07) is 6.53. The van der Waals surface area contributed by atoms with Crippen molar-refractivity contribution >= 4 is 12.0 Å². The number of ether oxygens (including phenoxy) is 1. The Bertz CT molecular complexity index is 550. The van der Waals surface area contributed by atoms with E-state index in [-0.39, 0.29) is 6.10 Å². The number of rotatable bonds is 2. The third kappa shape index (κ3) is 2.36. The van der Waals surface area contributed by atoms with Gasteiger partial charge in [-0.3, -0.25) is 4.79 Å². The van der Waals surface area contributed by atoms with E-state index in [1.165, 1.54) is 38.5 Å². The summed E-state index contributed by atoms with van der Waals surface area (Å²) >= 11 is 0. The van der Waals surface area contributed by atoms with Gasteiger partial charge in [0.15, 0.2) is 6.29 Å². The summed E-state index contributed by atoms with van der Waals surface area (Å²) in [7, 11) is 0. The topological polar surface area (TPSA) is 38.3 Å². The molecule has 4 rings (SSSR count). The average Bonchev–Trinajstić information content (AvgIpc) is 2.61. The Morgan fingerprint density at radius 1 is 1.09 bits per heavy atom. The van der Waals surface area contributed by atoms with Crippen LogP contribution in [0.4, 0.5) is 5.69 Å². The van der Waals surface area contributed by atoms with Crippen LogP contribution >= 0.6 is 0 Å². The summed E-state index contributed by atoms with van der Waals surface area (Å²) < 4.78 is 6.17. The maximum Gasteiger partial charge on any atom is 0.150 e. The number of anilines is 1. The van der Waals surface area contributed by atoms with Crippen molar-refractivity contribution in [3.8, 4) is 0 Å². The van der Waals surface area contributed by atoms with E-state index in [9.17, 15) is 4.79 Å². The van der Waals surface area contributed by atoms with Gasteiger partial charge >= 0.3 is 0 Å². The first kappa shape index (κ1) is 14.3. The lowest BCUT2D eigenvalue weighted by Gasteiger charge is -2.47. The normalized spacial score (nSPS) is 31.7. The van der Waals surface area contributed by atoms with Gasteiger partial charge in [0.05, 0.1) is 6.10 Å². The summed E-state index contributed by atoms with van der Waals surface area (Å²) in [6.45, 7) is 0.825. The van der Waals surface area contributed by atoms with Crippen LogP contribution in [-0.2, 0) is 4.74 Å². The Morgan fingerprint density at radius 2 is 1.95 bits per heavy atom. The molecule has 0 radical (unpaired) electrons. The molecule has 3 nitrogen and oxygen atoms in total. The second kappa shape index (κ2) is 6.04. The number of nitrogens with one attached hydrogen (secondary N) is 1. The van der Waals surface area contributed by atoms with Crippen molar-refractivity contribution < 1.29 is 9.53 Å². The molecule has 118 valence electrons. The molecule has 0 amide bonds. The first-order valence-corrected chi connectivity index (χ1v) is 8.84. The van der Waals surface area contributed by atoms with E-state index in [0.717, 1.165) is 42.0 Å². The Hall–Kier alpha value is -1.35. The smallest absolute Gasteiger partial charge is 0.150 e. The molecular formula is C19H25NO2. The molecule has 1 saturated heterocycles. The summed E-state index contributed by atoms with van der Waals surface area (Å²) in [5.41, 5.74) is 3.03.